The zero-order valence-electron chi connectivity index (χ0n) is 6.87. The highest BCUT2D eigenvalue weighted by molar-refractivity contribution is 7.85. The van der Waals surface area contributed by atoms with Crippen LogP contribution in [0.1, 0.15) is 5.56 Å². The SMILES string of the molecule is COc1ccc2c(c1)CCS2=O. The van der Waals surface area contributed by atoms with Crippen molar-refractivity contribution in [1.82, 2.24) is 0 Å². The van der Waals surface area contributed by atoms with E-state index in [1.807, 2.05) is 18.2 Å². The van der Waals surface area contributed by atoms with Crippen molar-refractivity contribution in [3.8, 4) is 5.75 Å². The Balaban J connectivity index is 2.48. The number of ether oxygens (including phenoxy) is 1. The quantitative estimate of drug-likeness (QED) is 0.655. The summed E-state index contributed by atoms with van der Waals surface area (Å²) in [5.74, 6) is 1.62. The summed E-state index contributed by atoms with van der Waals surface area (Å²) in [4.78, 5) is 0.982. The summed E-state index contributed by atoms with van der Waals surface area (Å²) in [7, 11) is 0.883. The van der Waals surface area contributed by atoms with E-state index in [1.165, 1.54) is 5.56 Å². The molecule has 1 aromatic rings. The maximum Gasteiger partial charge on any atom is 0.119 e. The van der Waals surface area contributed by atoms with Crippen molar-refractivity contribution in [2.45, 2.75) is 11.3 Å². The van der Waals surface area contributed by atoms with Crippen LogP contribution in [0.3, 0.4) is 0 Å². The Morgan fingerprint density at radius 1 is 1.50 bits per heavy atom. The van der Waals surface area contributed by atoms with Gasteiger partial charge in [0.2, 0.25) is 0 Å². The lowest BCUT2D eigenvalue weighted by atomic mass is 10.2. The highest BCUT2D eigenvalue weighted by Crippen LogP contribution is 2.26. The zero-order valence-corrected chi connectivity index (χ0v) is 7.69. The largest absolute Gasteiger partial charge is 0.497 e. The Labute approximate surface area is 74.0 Å². The molecule has 1 heterocycles. The van der Waals surface area contributed by atoms with E-state index < -0.39 is 10.8 Å². The normalized spacial score (nSPS) is 20.6. The molecule has 0 saturated carbocycles. The Bertz CT molecular complexity index is 333. The third-order valence-corrected chi connectivity index (χ3v) is 3.53. The summed E-state index contributed by atoms with van der Waals surface area (Å²) in [6.45, 7) is 0. The Morgan fingerprint density at radius 2 is 2.33 bits per heavy atom. The molecule has 3 heteroatoms. The van der Waals surface area contributed by atoms with Crippen LogP contribution in [0.4, 0.5) is 0 Å². The van der Waals surface area contributed by atoms with Crippen molar-refractivity contribution in [2.24, 2.45) is 0 Å². The molecule has 0 aromatic heterocycles. The number of hydrogen-bond donors (Lipinski definition) is 0. The number of aryl methyl sites for hydroxylation is 1. The third-order valence-electron chi connectivity index (χ3n) is 2.07. The second-order valence-electron chi connectivity index (χ2n) is 2.77. The maximum absolute atomic E-state index is 11.3. The number of benzene rings is 1. The van der Waals surface area contributed by atoms with Crippen LogP contribution in [-0.2, 0) is 17.2 Å². The molecule has 0 radical (unpaired) electrons. The first-order valence-electron chi connectivity index (χ1n) is 3.86. The third kappa shape index (κ3) is 1.14. The van der Waals surface area contributed by atoms with Crippen molar-refractivity contribution in [2.75, 3.05) is 12.9 Å². The van der Waals surface area contributed by atoms with Gasteiger partial charge in [0, 0.05) is 10.6 Å². The minimum atomic E-state index is -0.764. The van der Waals surface area contributed by atoms with Crippen LogP contribution in [0.25, 0.3) is 0 Å². The molecule has 0 N–H and O–H groups in total. The van der Waals surface area contributed by atoms with Crippen molar-refractivity contribution in [3.05, 3.63) is 23.8 Å². The number of rotatable bonds is 1. The Hall–Kier alpha value is -0.830. The summed E-state index contributed by atoms with van der Waals surface area (Å²) in [6, 6.07) is 5.74. The summed E-state index contributed by atoms with van der Waals surface area (Å²) in [5.41, 5.74) is 1.17. The summed E-state index contributed by atoms with van der Waals surface area (Å²) in [5, 5.41) is 0. The minimum absolute atomic E-state index is 0.764. The zero-order chi connectivity index (χ0) is 8.55. The molecule has 2 nitrogen and oxygen atoms in total. The molecule has 2 rings (SSSR count). The van der Waals surface area contributed by atoms with Gasteiger partial charge in [0.25, 0.3) is 0 Å². The molecule has 12 heavy (non-hydrogen) atoms. The van der Waals surface area contributed by atoms with E-state index in [4.69, 9.17) is 4.74 Å². The first-order valence-corrected chi connectivity index (χ1v) is 5.18. The van der Waals surface area contributed by atoms with Crippen molar-refractivity contribution in [1.29, 1.82) is 0 Å². The Kier molecular flexibility index (Phi) is 1.89. The van der Waals surface area contributed by atoms with E-state index in [0.717, 1.165) is 22.8 Å². The van der Waals surface area contributed by atoms with Gasteiger partial charge in [0.05, 0.1) is 17.9 Å². The monoisotopic (exact) mass is 182 g/mol. The van der Waals surface area contributed by atoms with E-state index in [0.29, 0.717) is 0 Å². The molecule has 1 aliphatic rings. The topological polar surface area (TPSA) is 26.3 Å². The van der Waals surface area contributed by atoms with Gasteiger partial charge in [0.1, 0.15) is 5.75 Å². The molecule has 1 unspecified atom stereocenters. The van der Waals surface area contributed by atoms with Gasteiger partial charge in [-0.15, -0.1) is 0 Å². The van der Waals surface area contributed by atoms with Gasteiger partial charge in [-0.2, -0.15) is 0 Å². The molecule has 1 aliphatic heterocycles. The van der Waals surface area contributed by atoms with Crippen LogP contribution in [-0.4, -0.2) is 17.1 Å². The van der Waals surface area contributed by atoms with Crippen LogP contribution >= 0.6 is 0 Å². The molecular weight excluding hydrogens is 172 g/mol. The molecule has 0 spiro atoms. The first-order chi connectivity index (χ1) is 5.81. The fourth-order valence-electron chi connectivity index (χ4n) is 1.41. The van der Waals surface area contributed by atoms with Crippen molar-refractivity contribution >= 4 is 10.8 Å². The fraction of sp³-hybridized carbons (Fsp3) is 0.333. The molecule has 0 saturated heterocycles. The maximum atomic E-state index is 11.3. The second kappa shape index (κ2) is 2.90. The van der Waals surface area contributed by atoms with Crippen LogP contribution < -0.4 is 4.74 Å². The lowest BCUT2D eigenvalue weighted by Gasteiger charge is -2.01. The van der Waals surface area contributed by atoms with Gasteiger partial charge in [-0.3, -0.25) is 4.21 Å². The molecule has 0 aliphatic carbocycles. The van der Waals surface area contributed by atoms with Gasteiger partial charge in [-0.25, -0.2) is 0 Å². The highest BCUT2D eigenvalue weighted by Gasteiger charge is 2.17. The molecule has 1 aromatic carbocycles. The van der Waals surface area contributed by atoms with Crippen molar-refractivity contribution in [3.63, 3.8) is 0 Å². The van der Waals surface area contributed by atoms with E-state index in [2.05, 4.69) is 0 Å². The average molecular weight is 182 g/mol. The molecule has 0 fully saturated rings. The van der Waals surface area contributed by atoms with Crippen LogP contribution in [0.15, 0.2) is 23.1 Å². The molecule has 0 bridgehead atoms. The predicted molar refractivity (Wildman–Crippen MR) is 48.0 cm³/mol. The van der Waals surface area contributed by atoms with E-state index in [-0.39, 0.29) is 0 Å². The van der Waals surface area contributed by atoms with Gasteiger partial charge in [0.15, 0.2) is 0 Å². The number of fused-ring (bicyclic) bond motifs is 1. The van der Waals surface area contributed by atoms with E-state index in [9.17, 15) is 4.21 Å². The van der Waals surface area contributed by atoms with Gasteiger partial charge < -0.3 is 4.74 Å². The van der Waals surface area contributed by atoms with Crippen LogP contribution in [0, 0.1) is 0 Å². The predicted octanol–water partition coefficient (Wildman–Crippen LogP) is 1.36. The molecular formula is C9H10O2S. The Morgan fingerprint density at radius 3 is 3.08 bits per heavy atom. The van der Waals surface area contributed by atoms with Crippen molar-refractivity contribution < 1.29 is 8.95 Å². The van der Waals surface area contributed by atoms with E-state index >= 15 is 0 Å². The molecule has 0 amide bonds. The average Bonchev–Trinajstić information content (AvgIpc) is 2.47. The van der Waals surface area contributed by atoms with Crippen LogP contribution in [0.5, 0.6) is 5.75 Å². The summed E-state index contributed by atoms with van der Waals surface area (Å²) >= 11 is 0. The first kappa shape index (κ1) is 7.80. The molecule has 1 atom stereocenters. The van der Waals surface area contributed by atoms with Crippen LogP contribution in [0.2, 0.25) is 0 Å². The molecule has 64 valence electrons. The van der Waals surface area contributed by atoms with Gasteiger partial charge >= 0.3 is 0 Å². The van der Waals surface area contributed by atoms with Gasteiger partial charge in [-0.05, 0) is 30.2 Å². The lowest BCUT2D eigenvalue weighted by Crippen LogP contribution is -1.87. The highest BCUT2D eigenvalue weighted by atomic mass is 32.2. The summed E-state index contributed by atoms with van der Waals surface area (Å²) in [6.07, 6.45) is 0.916. The van der Waals surface area contributed by atoms with E-state index in [1.54, 1.807) is 7.11 Å². The lowest BCUT2D eigenvalue weighted by molar-refractivity contribution is 0.414. The second-order valence-corrected chi connectivity index (χ2v) is 4.31. The smallest absolute Gasteiger partial charge is 0.119 e. The summed E-state index contributed by atoms with van der Waals surface area (Å²) < 4.78 is 16.4. The standard InChI is InChI=1S/C9H10O2S/c1-11-8-2-3-9-7(6-8)4-5-12(9)10/h2-3,6H,4-5H2,1H3. The minimum Gasteiger partial charge on any atom is -0.497 e. The fourth-order valence-corrected chi connectivity index (χ4v) is 2.71. The van der Waals surface area contributed by atoms with Gasteiger partial charge in [-0.1, -0.05) is 0 Å². The number of hydrogen-bond acceptors (Lipinski definition) is 2. The number of methoxy groups -OCH3 is 1.